The van der Waals surface area contributed by atoms with E-state index in [-0.39, 0.29) is 0 Å². The largest absolute Gasteiger partial charge is 0.309 e. The van der Waals surface area contributed by atoms with Gasteiger partial charge in [-0.2, -0.15) is 0 Å². The zero-order valence-corrected chi connectivity index (χ0v) is 13.5. The number of halogens is 1. The monoisotopic (exact) mass is 299 g/mol. The molecule has 1 nitrogen and oxygen atoms in total. The molecule has 19 heavy (non-hydrogen) atoms. The van der Waals surface area contributed by atoms with Crippen molar-refractivity contribution in [2.75, 3.05) is 6.54 Å². The van der Waals surface area contributed by atoms with Gasteiger partial charge in [0.25, 0.3) is 0 Å². The molecule has 2 rings (SSSR count). The lowest BCUT2D eigenvalue weighted by Gasteiger charge is -2.23. The topological polar surface area (TPSA) is 12.0 Å². The van der Waals surface area contributed by atoms with Crippen molar-refractivity contribution in [3.05, 3.63) is 21.3 Å². The van der Waals surface area contributed by atoms with E-state index in [0.717, 1.165) is 17.5 Å². The first-order valence-electron chi connectivity index (χ1n) is 7.77. The summed E-state index contributed by atoms with van der Waals surface area (Å²) < 4.78 is 0. The van der Waals surface area contributed by atoms with Crippen molar-refractivity contribution >= 4 is 22.9 Å². The maximum Gasteiger partial charge on any atom is 0.0561 e. The summed E-state index contributed by atoms with van der Waals surface area (Å²) in [6.07, 6.45) is 11.0. The summed E-state index contributed by atoms with van der Waals surface area (Å²) in [5.41, 5.74) is 0. The summed E-state index contributed by atoms with van der Waals surface area (Å²) in [5, 5.41) is 6.77. The smallest absolute Gasteiger partial charge is 0.0561 e. The lowest BCUT2D eigenvalue weighted by Crippen LogP contribution is -2.24. The molecule has 0 spiro atoms. The van der Waals surface area contributed by atoms with Crippen molar-refractivity contribution in [1.29, 1.82) is 0 Å². The number of hydrogen-bond acceptors (Lipinski definition) is 2. The molecule has 1 aromatic heterocycles. The summed E-state index contributed by atoms with van der Waals surface area (Å²) in [4.78, 5) is 1.35. The molecule has 3 heteroatoms. The summed E-state index contributed by atoms with van der Waals surface area (Å²) in [6.45, 7) is 3.32. The van der Waals surface area contributed by atoms with Gasteiger partial charge in [-0.1, -0.05) is 57.0 Å². The van der Waals surface area contributed by atoms with Gasteiger partial charge >= 0.3 is 0 Å². The molecular weight excluding hydrogens is 274 g/mol. The van der Waals surface area contributed by atoms with Crippen LogP contribution >= 0.6 is 22.9 Å². The highest BCUT2D eigenvalue weighted by Gasteiger charge is 2.21. The highest BCUT2D eigenvalue weighted by Crippen LogP contribution is 2.36. The van der Waals surface area contributed by atoms with Crippen molar-refractivity contribution in [1.82, 2.24) is 5.32 Å². The maximum absolute atomic E-state index is 6.33. The van der Waals surface area contributed by atoms with E-state index in [9.17, 15) is 0 Å². The molecule has 0 bridgehead atoms. The van der Waals surface area contributed by atoms with Crippen LogP contribution in [0.1, 0.15) is 69.2 Å². The van der Waals surface area contributed by atoms with Gasteiger partial charge in [0.2, 0.25) is 0 Å². The van der Waals surface area contributed by atoms with Gasteiger partial charge in [0.05, 0.1) is 5.02 Å². The number of nitrogens with one attached hydrogen (secondary N) is 1. The van der Waals surface area contributed by atoms with Crippen molar-refractivity contribution < 1.29 is 0 Å². The molecule has 1 aromatic rings. The van der Waals surface area contributed by atoms with E-state index in [1.807, 2.05) is 17.4 Å². The Hall–Kier alpha value is -0.0500. The van der Waals surface area contributed by atoms with Crippen LogP contribution in [0, 0.1) is 5.92 Å². The maximum atomic E-state index is 6.33. The Bertz CT molecular complexity index is 355. The lowest BCUT2D eigenvalue weighted by molar-refractivity contribution is 0.359. The molecular formula is C16H26ClNS. The van der Waals surface area contributed by atoms with Crippen LogP contribution in [0.15, 0.2) is 11.4 Å². The van der Waals surface area contributed by atoms with E-state index in [4.69, 9.17) is 11.6 Å². The van der Waals surface area contributed by atoms with E-state index in [0.29, 0.717) is 6.04 Å². The zero-order valence-electron chi connectivity index (χ0n) is 12.0. The van der Waals surface area contributed by atoms with Crippen molar-refractivity contribution in [2.45, 2.75) is 64.3 Å². The molecule has 1 unspecified atom stereocenters. The Kier molecular flexibility index (Phi) is 6.69. The molecule has 1 heterocycles. The minimum Gasteiger partial charge on any atom is -0.309 e. The highest BCUT2D eigenvalue weighted by atomic mass is 35.5. The molecule has 0 amide bonds. The second-order valence-corrected chi connectivity index (χ2v) is 7.09. The van der Waals surface area contributed by atoms with Crippen LogP contribution in [0.3, 0.4) is 0 Å². The van der Waals surface area contributed by atoms with Crippen LogP contribution in [0.4, 0.5) is 0 Å². The summed E-state index contributed by atoms with van der Waals surface area (Å²) in [7, 11) is 0. The first kappa shape index (κ1) is 15.3. The quantitative estimate of drug-likeness (QED) is 0.654. The van der Waals surface area contributed by atoms with Crippen LogP contribution in [-0.4, -0.2) is 6.54 Å². The highest BCUT2D eigenvalue weighted by molar-refractivity contribution is 7.10. The minimum atomic E-state index is 0.468. The van der Waals surface area contributed by atoms with Crippen LogP contribution < -0.4 is 5.32 Å². The fourth-order valence-electron chi connectivity index (χ4n) is 3.09. The number of rotatable bonds is 6. The molecule has 0 aliphatic heterocycles. The third-order valence-electron chi connectivity index (χ3n) is 4.15. The van der Waals surface area contributed by atoms with E-state index >= 15 is 0 Å². The first-order chi connectivity index (χ1) is 9.31. The van der Waals surface area contributed by atoms with Crippen LogP contribution in [0.5, 0.6) is 0 Å². The van der Waals surface area contributed by atoms with Gasteiger partial charge in [0.15, 0.2) is 0 Å². The standard InChI is InChI=1S/C16H26ClNS/c1-2-10-18-15(16-14(17)9-11-19-16)12-13-7-5-3-4-6-8-13/h9,11,13,15,18H,2-8,10,12H2,1H3. The van der Waals surface area contributed by atoms with Crippen molar-refractivity contribution in [3.63, 3.8) is 0 Å². The first-order valence-corrected chi connectivity index (χ1v) is 9.03. The number of hydrogen-bond donors (Lipinski definition) is 1. The fraction of sp³-hybridized carbons (Fsp3) is 0.750. The van der Waals surface area contributed by atoms with Gasteiger partial charge in [0.1, 0.15) is 0 Å². The molecule has 1 aliphatic rings. The fourth-order valence-corrected chi connectivity index (χ4v) is 4.37. The average Bonchev–Trinajstić information content (AvgIpc) is 2.68. The molecule has 0 radical (unpaired) electrons. The third-order valence-corrected chi connectivity index (χ3v) is 5.62. The van der Waals surface area contributed by atoms with Gasteiger partial charge in [-0.15, -0.1) is 11.3 Å². The number of thiophene rings is 1. The van der Waals surface area contributed by atoms with E-state index in [2.05, 4.69) is 17.6 Å². The Morgan fingerprint density at radius 1 is 1.32 bits per heavy atom. The van der Waals surface area contributed by atoms with Gasteiger partial charge in [-0.25, -0.2) is 0 Å². The predicted octanol–water partition coefficient (Wildman–Crippen LogP) is 5.80. The molecule has 0 aromatic carbocycles. The molecule has 108 valence electrons. The normalized spacial score (nSPS) is 19.3. The molecule has 0 saturated heterocycles. The van der Waals surface area contributed by atoms with Crippen LogP contribution in [0.2, 0.25) is 5.02 Å². The second kappa shape index (κ2) is 8.28. The van der Waals surface area contributed by atoms with Crippen molar-refractivity contribution in [2.24, 2.45) is 5.92 Å². The van der Waals surface area contributed by atoms with Gasteiger partial charge in [0, 0.05) is 10.9 Å². The summed E-state index contributed by atoms with van der Waals surface area (Å²) in [5.74, 6) is 0.884. The van der Waals surface area contributed by atoms with E-state index in [1.54, 1.807) is 0 Å². The molecule has 1 aliphatic carbocycles. The molecule has 1 atom stereocenters. The van der Waals surface area contributed by atoms with Gasteiger partial charge in [-0.05, 0) is 36.8 Å². The minimum absolute atomic E-state index is 0.468. The average molecular weight is 300 g/mol. The Labute approximate surface area is 126 Å². The summed E-state index contributed by atoms with van der Waals surface area (Å²) in [6, 6.07) is 2.51. The van der Waals surface area contributed by atoms with Crippen molar-refractivity contribution in [3.8, 4) is 0 Å². The van der Waals surface area contributed by atoms with E-state index in [1.165, 1.54) is 56.2 Å². The van der Waals surface area contributed by atoms with Crippen LogP contribution in [0.25, 0.3) is 0 Å². The van der Waals surface area contributed by atoms with E-state index < -0.39 is 0 Å². The second-order valence-electron chi connectivity index (χ2n) is 5.73. The zero-order chi connectivity index (χ0) is 13.5. The molecule has 1 fully saturated rings. The van der Waals surface area contributed by atoms with Gasteiger partial charge in [-0.3, -0.25) is 0 Å². The summed E-state index contributed by atoms with van der Waals surface area (Å²) >= 11 is 8.14. The molecule has 1 N–H and O–H groups in total. The van der Waals surface area contributed by atoms with Gasteiger partial charge < -0.3 is 5.32 Å². The Morgan fingerprint density at radius 3 is 2.63 bits per heavy atom. The molecule has 1 saturated carbocycles. The Balaban J connectivity index is 1.98. The Morgan fingerprint density at radius 2 is 2.05 bits per heavy atom. The third kappa shape index (κ3) is 4.77. The SMILES string of the molecule is CCCNC(CC1CCCCCC1)c1sccc1Cl. The predicted molar refractivity (Wildman–Crippen MR) is 86.2 cm³/mol. The lowest BCUT2D eigenvalue weighted by atomic mass is 9.92. The van der Waals surface area contributed by atoms with Crippen LogP contribution in [-0.2, 0) is 0 Å².